The Balaban J connectivity index is 0.000000334. The van der Waals surface area contributed by atoms with Crippen LogP contribution < -0.4 is 10.2 Å². The standard InChI is InChI=1S/C26H39N3O3.C11H22BFOS.CH4/c1-26-13-10-21-20-7-5-19(32-25(30)29-14-11-18(12-15-29)28(2)3)16-17(20)4-6-22(21)23(26)8-9-24(26)27-31;1-4-11(2,3)9-15(14)8-6-5-7-10(12)13;/h5,7,16,18,21-24,27,31H,4,6,8-15H2,1-3H3;10H,4-9H2,1-3H3;1H4. The molecule has 1 heterocycles. The van der Waals surface area contributed by atoms with Crippen LogP contribution in [-0.2, 0) is 17.2 Å². The third-order valence-corrected chi connectivity index (χ3v) is 14.0. The SMILES string of the molecule is C.CN(C)C1CCN(C(=O)Oc2ccc3c(c2)CCC2C3CCC3(C)C(NO)CCC23)CC1.[B]C(F)CCCCS(=O)CC(C)(C)CC. The highest BCUT2D eigenvalue weighted by Gasteiger charge is 2.54. The van der Waals surface area contributed by atoms with E-state index in [1.807, 2.05) is 11.0 Å². The average Bonchev–Trinajstić information content (AvgIpc) is 3.39. The molecule has 1 aromatic rings. The minimum absolute atomic E-state index is 0. The van der Waals surface area contributed by atoms with Crippen LogP contribution in [0.2, 0.25) is 0 Å². The van der Waals surface area contributed by atoms with Crippen LogP contribution in [0.15, 0.2) is 18.2 Å². The zero-order valence-electron chi connectivity index (χ0n) is 29.9. The molecule has 1 saturated heterocycles. The van der Waals surface area contributed by atoms with Crippen LogP contribution in [-0.4, -0.2) is 90.0 Å². The zero-order valence-corrected chi connectivity index (χ0v) is 30.8. The van der Waals surface area contributed by atoms with E-state index in [9.17, 15) is 18.6 Å². The molecule has 1 amide bonds. The van der Waals surface area contributed by atoms with Gasteiger partial charge in [-0.1, -0.05) is 54.0 Å². The molecule has 5 rings (SSSR count). The number of benzene rings is 1. The Kier molecular flexibility index (Phi) is 15.5. The fourth-order valence-corrected chi connectivity index (χ4v) is 10.5. The lowest BCUT2D eigenvalue weighted by Gasteiger charge is -2.50. The van der Waals surface area contributed by atoms with Crippen molar-refractivity contribution in [1.29, 1.82) is 0 Å². The van der Waals surface area contributed by atoms with E-state index >= 15 is 0 Å². The summed E-state index contributed by atoms with van der Waals surface area (Å²) in [6.45, 7) is 10.3. The van der Waals surface area contributed by atoms with Crippen LogP contribution in [0.4, 0.5) is 9.18 Å². The first-order chi connectivity index (χ1) is 22.3. The van der Waals surface area contributed by atoms with Crippen LogP contribution in [0.1, 0.15) is 123 Å². The topological polar surface area (TPSA) is 82.1 Å². The maximum atomic E-state index is 12.7. The molecule has 2 saturated carbocycles. The van der Waals surface area contributed by atoms with Gasteiger partial charge in [-0.3, -0.25) is 8.60 Å². The molecule has 0 spiro atoms. The number of fused-ring (bicyclic) bond motifs is 5. The lowest BCUT2D eigenvalue weighted by atomic mass is 9.55. The monoisotopic (exact) mass is 689 g/mol. The van der Waals surface area contributed by atoms with Gasteiger partial charge in [0.2, 0.25) is 0 Å². The second-order valence-electron chi connectivity index (χ2n) is 15.9. The van der Waals surface area contributed by atoms with Crippen molar-refractivity contribution in [2.45, 2.75) is 136 Å². The third kappa shape index (κ3) is 10.3. The number of amides is 1. The molecule has 2 N–H and O–H groups in total. The molecule has 2 radical (unpaired) electrons. The second-order valence-corrected chi connectivity index (χ2v) is 17.5. The molecule has 10 heteroatoms. The van der Waals surface area contributed by atoms with Gasteiger partial charge < -0.3 is 19.7 Å². The number of rotatable bonds is 11. The fourth-order valence-electron chi connectivity index (χ4n) is 8.78. The minimum atomic E-state index is -1.22. The normalized spacial score (nSPS) is 28.2. The van der Waals surface area contributed by atoms with Crippen LogP contribution in [0.25, 0.3) is 0 Å². The van der Waals surface area contributed by atoms with Crippen molar-refractivity contribution < 1.29 is 23.3 Å². The average molecular weight is 690 g/mol. The summed E-state index contributed by atoms with van der Waals surface area (Å²) in [7, 11) is 8.44. The highest BCUT2D eigenvalue weighted by atomic mass is 32.2. The van der Waals surface area contributed by atoms with E-state index < -0.39 is 16.9 Å². The van der Waals surface area contributed by atoms with Crippen molar-refractivity contribution in [3.8, 4) is 5.75 Å². The summed E-state index contributed by atoms with van der Waals surface area (Å²) in [4.78, 5) is 16.8. The molecule has 7 nitrogen and oxygen atoms in total. The number of hydrogen-bond acceptors (Lipinski definition) is 6. The van der Waals surface area contributed by atoms with Gasteiger partial charge in [0.15, 0.2) is 0 Å². The Hall–Kier alpha value is -1.49. The van der Waals surface area contributed by atoms with Crippen molar-refractivity contribution in [2.75, 3.05) is 38.7 Å². The number of aryl methyl sites for hydroxylation is 1. The van der Waals surface area contributed by atoms with Gasteiger partial charge in [-0.05, 0) is 130 Å². The van der Waals surface area contributed by atoms with Gasteiger partial charge in [-0.15, -0.1) is 0 Å². The van der Waals surface area contributed by atoms with Gasteiger partial charge in [0.05, 0.1) is 6.07 Å². The van der Waals surface area contributed by atoms with Gasteiger partial charge >= 0.3 is 6.09 Å². The molecule has 4 aliphatic rings. The number of alkyl halides is 1. The number of carbonyl (C=O) groups excluding carboxylic acids is 1. The highest BCUT2D eigenvalue weighted by Crippen LogP contribution is 2.60. The molecule has 3 aliphatic carbocycles. The maximum absolute atomic E-state index is 12.7. The number of piperidine rings is 1. The molecule has 7 unspecified atom stereocenters. The van der Waals surface area contributed by atoms with E-state index in [2.05, 4.69) is 64.3 Å². The lowest BCUT2D eigenvalue weighted by molar-refractivity contribution is -0.000725. The Bertz CT molecular complexity index is 1190. The van der Waals surface area contributed by atoms with E-state index in [0.717, 1.165) is 70.2 Å². The van der Waals surface area contributed by atoms with Crippen LogP contribution >= 0.6 is 0 Å². The van der Waals surface area contributed by atoms with Crippen molar-refractivity contribution in [3.05, 3.63) is 29.3 Å². The summed E-state index contributed by atoms with van der Waals surface area (Å²) in [6.07, 6.45) is 10.4. The minimum Gasteiger partial charge on any atom is -0.410 e. The molecule has 1 aromatic carbocycles. The van der Waals surface area contributed by atoms with Gasteiger partial charge in [-0.25, -0.2) is 10.3 Å². The number of hydrogen-bond donors (Lipinski definition) is 2. The van der Waals surface area contributed by atoms with E-state index in [1.54, 1.807) is 0 Å². The number of nitrogens with one attached hydrogen (secondary N) is 1. The molecule has 0 aromatic heterocycles. The number of likely N-dealkylation sites (tertiary alicyclic amines) is 1. The largest absolute Gasteiger partial charge is 0.415 e. The first-order valence-electron chi connectivity index (χ1n) is 18.2. The number of halogens is 1. The van der Waals surface area contributed by atoms with Crippen molar-refractivity contribution >= 4 is 24.7 Å². The Morgan fingerprint density at radius 2 is 1.90 bits per heavy atom. The molecule has 0 bridgehead atoms. The summed E-state index contributed by atoms with van der Waals surface area (Å²) < 4.78 is 29.7. The summed E-state index contributed by atoms with van der Waals surface area (Å²) in [5.41, 5.74) is 5.82. The fraction of sp³-hybridized carbons (Fsp3) is 0.816. The molecule has 48 heavy (non-hydrogen) atoms. The highest BCUT2D eigenvalue weighted by molar-refractivity contribution is 7.85. The van der Waals surface area contributed by atoms with Crippen molar-refractivity contribution in [1.82, 2.24) is 15.3 Å². The van der Waals surface area contributed by atoms with Gasteiger partial charge in [0, 0.05) is 47.5 Å². The van der Waals surface area contributed by atoms with Crippen LogP contribution in [0, 0.1) is 22.7 Å². The van der Waals surface area contributed by atoms with E-state index in [4.69, 9.17) is 12.6 Å². The second kappa shape index (κ2) is 18.1. The number of carbonyl (C=O) groups is 1. The van der Waals surface area contributed by atoms with E-state index in [0.29, 0.717) is 41.7 Å². The number of nitrogens with zero attached hydrogens (tertiary/aromatic N) is 2. The summed E-state index contributed by atoms with van der Waals surface area (Å²) >= 11 is 0. The molecule has 1 aliphatic heterocycles. The van der Waals surface area contributed by atoms with Crippen LogP contribution in [0.3, 0.4) is 0 Å². The Morgan fingerprint density at radius 3 is 2.52 bits per heavy atom. The Morgan fingerprint density at radius 1 is 1.19 bits per heavy atom. The summed E-state index contributed by atoms with van der Waals surface area (Å²) in [6, 6.07) is 7.14. The molecular weight excluding hydrogens is 624 g/mol. The van der Waals surface area contributed by atoms with Gasteiger partial charge in [0.1, 0.15) is 13.6 Å². The smallest absolute Gasteiger partial charge is 0.410 e. The molecule has 272 valence electrons. The van der Waals surface area contributed by atoms with E-state index in [-0.39, 0.29) is 30.4 Å². The third-order valence-electron chi connectivity index (χ3n) is 12.1. The van der Waals surface area contributed by atoms with Gasteiger partial charge in [-0.2, -0.15) is 0 Å². The number of ether oxygens (including phenoxy) is 1. The predicted molar refractivity (Wildman–Crippen MR) is 197 cm³/mol. The summed E-state index contributed by atoms with van der Waals surface area (Å²) in [5, 5.41) is 9.66. The first-order valence-corrected chi connectivity index (χ1v) is 19.7. The van der Waals surface area contributed by atoms with Crippen LogP contribution in [0.5, 0.6) is 5.75 Å². The quantitative estimate of drug-likeness (QED) is 0.140. The molecule has 3 fully saturated rings. The molecule has 7 atom stereocenters. The molecular formula is C38H65BFN3O4S. The predicted octanol–water partition coefficient (Wildman–Crippen LogP) is 7.86. The lowest BCUT2D eigenvalue weighted by Crippen LogP contribution is -2.47. The zero-order chi connectivity index (χ0) is 34.4. The van der Waals surface area contributed by atoms with Crippen molar-refractivity contribution in [3.63, 3.8) is 0 Å². The number of unbranched alkanes of at least 4 members (excludes halogenated alkanes) is 1. The Labute approximate surface area is 295 Å². The maximum Gasteiger partial charge on any atom is 0.415 e. The van der Waals surface area contributed by atoms with Gasteiger partial charge in [0.25, 0.3) is 0 Å². The number of hydroxylamine groups is 1. The summed E-state index contributed by atoms with van der Waals surface area (Å²) in [5.74, 6) is 4.09. The van der Waals surface area contributed by atoms with Crippen molar-refractivity contribution in [2.24, 2.45) is 22.7 Å². The van der Waals surface area contributed by atoms with E-state index in [1.165, 1.54) is 30.4 Å². The first kappa shape index (κ1) is 40.9.